The highest BCUT2D eigenvalue weighted by Gasteiger charge is 2.13. The summed E-state index contributed by atoms with van der Waals surface area (Å²) >= 11 is 1.39. The predicted molar refractivity (Wildman–Crippen MR) is 115 cm³/mol. The minimum absolute atomic E-state index is 0.0451. The van der Waals surface area contributed by atoms with Crippen molar-refractivity contribution >= 4 is 17.1 Å². The van der Waals surface area contributed by atoms with Crippen molar-refractivity contribution < 1.29 is 4.79 Å². The second-order valence-corrected chi connectivity index (χ2v) is 7.89. The summed E-state index contributed by atoms with van der Waals surface area (Å²) in [7, 11) is 0. The zero-order valence-corrected chi connectivity index (χ0v) is 17.1. The monoisotopic (exact) mass is 400 g/mol. The number of Topliss-reactive ketones (excluding diaryl/α,β-unsaturated/α-hetero) is 1. The highest BCUT2D eigenvalue weighted by molar-refractivity contribution is 7.16. The minimum Gasteiger partial charge on any atom is -0.292 e. The molecule has 0 fully saturated rings. The molecule has 0 aromatic carbocycles. The Hall–Kier alpha value is -3.25. The molecule has 6 heteroatoms. The van der Waals surface area contributed by atoms with Crippen molar-refractivity contribution in [1.29, 1.82) is 0 Å². The second-order valence-electron chi connectivity index (χ2n) is 6.86. The Morgan fingerprint density at radius 1 is 0.966 bits per heavy atom. The largest absolute Gasteiger partial charge is 0.292 e. The average Bonchev–Trinajstić information content (AvgIpc) is 3.23. The lowest BCUT2D eigenvalue weighted by Crippen LogP contribution is -2.01. The molecule has 4 rings (SSSR count). The Kier molecular flexibility index (Phi) is 5.53. The van der Waals surface area contributed by atoms with E-state index < -0.39 is 0 Å². The van der Waals surface area contributed by atoms with Gasteiger partial charge in [0.15, 0.2) is 10.8 Å². The number of carbonyl (C=O) groups excluding carboxylic acids is 1. The SMILES string of the molecule is Cc1cc(-c2ncc(CCC(=O)c3ncc(-c4ccccn4)s3)cc2C)ccn1. The molecular formula is C23H20N4OS. The number of pyridine rings is 3. The van der Waals surface area contributed by atoms with Crippen LogP contribution in [0, 0.1) is 13.8 Å². The Labute approximate surface area is 173 Å². The van der Waals surface area contributed by atoms with Crippen LogP contribution < -0.4 is 0 Å². The van der Waals surface area contributed by atoms with E-state index in [4.69, 9.17) is 0 Å². The Balaban J connectivity index is 1.43. The number of rotatable bonds is 6. The molecule has 0 saturated carbocycles. The number of nitrogens with zero attached hydrogens (tertiary/aromatic N) is 4. The normalized spacial score (nSPS) is 10.8. The molecule has 0 radical (unpaired) electrons. The van der Waals surface area contributed by atoms with Crippen LogP contribution in [-0.4, -0.2) is 25.7 Å². The van der Waals surface area contributed by atoms with Gasteiger partial charge in [0.25, 0.3) is 0 Å². The van der Waals surface area contributed by atoms with Crippen molar-refractivity contribution in [3.8, 4) is 21.8 Å². The van der Waals surface area contributed by atoms with Crippen molar-refractivity contribution in [1.82, 2.24) is 19.9 Å². The van der Waals surface area contributed by atoms with Gasteiger partial charge in [0.05, 0.1) is 16.3 Å². The molecule has 4 heterocycles. The highest BCUT2D eigenvalue weighted by Crippen LogP contribution is 2.26. The van der Waals surface area contributed by atoms with Gasteiger partial charge < -0.3 is 0 Å². The Morgan fingerprint density at radius 2 is 1.86 bits per heavy atom. The van der Waals surface area contributed by atoms with Crippen LogP contribution in [0.5, 0.6) is 0 Å². The maximum Gasteiger partial charge on any atom is 0.191 e. The molecular weight excluding hydrogens is 380 g/mol. The fourth-order valence-electron chi connectivity index (χ4n) is 3.16. The van der Waals surface area contributed by atoms with Crippen molar-refractivity contribution in [2.45, 2.75) is 26.7 Å². The molecule has 144 valence electrons. The maximum absolute atomic E-state index is 12.6. The summed E-state index contributed by atoms with van der Waals surface area (Å²) in [4.78, 5) is 30.9. The third kappa shape index (κ3) is 4.43. The number of hydrogen-bond donors (Lipinski definition) is 0. The fraction of sp³-hybridized carbons (Fsp3) is 0.174. The summed E-state index contributed by atoms with van der Waals surface area (Å²) in [6.45, 7) is 4.01. The first-order valence-corrected chi connectivity index (χ1v) is 10.2. The number of carbonyl (C=O) groups is 1. The van der Waals surface area contributed by atoms with Crippen LogP contribution >= 0.6 is 11.3 Å². The number of ketones is 1. The second kappa shape index (κ2) is 8.41. The topological polar surface area (TPSA) is 68.6 Å². The van der Waals surface area contributed by atoms with E-state index in [0.29, 0.717) is 17.8 Å². The summed E-state index contributed by atoms with van der Waals surface area (Å²) in [5, 5.41) is 0.527. The molecule has 0 aliphatic heterocycles. The third-order valence-electron chi connectivity index (χ3n) is 4.61. The van der Waals surface area contributed by atoms with E-state index in [-0.39, 0.29) is 5.78 Å². The smallest absolute Gasteiger partial charge is 0.191 e. The first kappa shape index (κ1) is 19.1. The van der Waals surface area contributed by atoms with Crippen LogP contribution in [0.3, 0.4) is 0 Å². The van der Waals surface area contributed by atoms with Crippen LogP contribution in [0.2, 0.25) is 0 Å². The van der Waals surface area contributed by atoms with Crippen molar-refractivity contribution in [2.75, 3.05) is 0 Å². The standard InChI is InChI=1S/C23H20N4OS/c1-15-11-17(13-26-22(15)18-8-10-24-16(2)12-18)6-7-20(28)23-27-14-21(29-23)19-5-3-4-9-25-19/h3-5,8-14H,6-7H2,1-2H3. The maximum atomic E-state index is 12.6. The predicted octanol–water partition coefficient (Wildman–Crippen LogP) is 5.09. The molecule has 29 heavy (non-hydrogen) atoms. The van der Waals surface area contributed by atoms with Crippen LogP contribution in [0.25, 0.3) is 21.8 Å². The quantitative estimate of drug-likeness (QED) is 0.422. The van der Waals surface area contributed by atoms with Crippen molar-refractivity contribution in [3.63, 3.8) is 0 Å². The fourth-order valence-corrected chi connectivity index (χ4v) is 4.02. The van der Waals surface area contributed by atoms with Gasteiger partial charge in [-0.15, -0.1) is 11.3 Å². The van der Waals surface area contributed by atoms with Gasteiger partial charge in [-0.3, -0.25) is 19.7 Å². The Morgan fingerprint density at radius 3 is 2.62 bits per heavy atom. The minimum atomic E-state index is 0.0451. The van der Waals surface area contributed by atoms with Gasteiger partial charge in [-0.1, -0.05) is 12.1 Å². The molecule has 0 aliphatic carbocycles. The van der Waals surface area contributed by atoms with E-state index in [0.717, 1.165) is 38.6 Å². The molecule has 0 atom stereocenters. The van der Waals surface area contributed by atoms with Crippen LogP contribution in [-0.2, 0) is 6.42 Å². The molecule has 0 spiro atoms. The summed E-state index contributed by atoms with van der Waals surface area (Å²) in [6, 6.07) is 11.8. The third-order valence-corrected chi connectivity index (χ3v) is 5.67. The van der Waals surface area contributed by atoms with E-state index in [1.165, 1.54) is 11.3 Å². The number of thiazole rings is 1. The van der Waals surface area contributed by atoms with Gasteiger partial charge in [-0.2, -0.15) is 0 Å². The van der Waals surface area contributed by atoms with Gasteiger partial charge >= 0.3 is 0 Å². The van der Waals surface area contributed by atoms with Gasteiger partial charge in [0, 0.05) is 42.5 Å². The molecule has 4 aromatic rings. The van der Waals surface area contributed by atoms with E-state index in [1.807, 2.05) is 50.4 Å². The van der Waals surface area contributed by atoms with Crippen LogP contribution in [0.15, 0.2) is 61.2 Å². The lowest BCUT2D eigenvalue weighted by molar-refractivity contribution is 0.0982. The molecule has 0 bridgehead atoms. The first-order chi connectivity index (χ1) is 14.1. The summed E-state index contributed by atoms with van der Waals surface area (Å²) < 4.78 is 0. The molecule has 0 N–H and O–H groups in total. The molecule has 0 amide bonds. The lowest BCUT2D eigenvalue weighted by atomic mass is 10.0. The highest BCUT2D eigenvalue weighted by atomic mass is 32.1. The average molecular weight is 401 g/mol. The van der Waals surface area contributed by atoms with Gasteiger partial charge in [0.1, 0.15) is 0 Å². The zero-order valence-electron chi connectivity index (χ0n) is 16.3. The van der Waals surface area contributed by atoms with Gasteiger partial charge in [-0.05, 0) is 55.7 Å². The molecule has 0 aliphatic rings. The number of aryl methyl sites for hydroxylation is 3. The number of hydrogen-bond acceptors (Lipinski definition) is 6. The Bertz CT molecular complexity index is 1150. The van der Waals surface area contributed by atoms with E-state index in [9.17, 15) is 4.79 Å². The van der Waals surface area contributed by atoms with Crippen molar-refractivity contribution in [2.24, 2.45) is 0 Å². The van der Waals surface area contributed by atoms with E-state index in [2.05, 4.69) is 26.0 Å². The summed E-state index contributed by atoms with van der Waals surface area (Å²) in [6.07, 6.45) is 8.16. The van der Waals surface area contributed by atoms with Crippen LogP contribution in [0.4, 0.5) is 0 Å². The summed E-state index contributed by atoms with van der Waals surface area (Å²) in [5.41, 5.74) is 5.95. The van der Waals surface area contributed by atoms with E-state index >= 15 is 0 Å². The first-order valence-electron chi connectivity index (χ1n) is 9.39. The van der Waals surface area contributed by atoms with Gasteiger partial charge in [0.2, 0.25) is 0 Å². The van der Waals surface area contributed by atoms with Crippen LogP contribution in [0.1, 0.15) is 33.0 Å². The molecule has 0 unspecified atom stereocenters. The van der Waals surface area contributed by atoms with Crippen molar-refractivity contribution in [3.05, 3.63) is 83.0 Å². The molecule has 0 saturated heterocycles. The molecule has 4 aromatic heterocycles. The summed E-state index contributed by atoms with van der Waals surface area (Å²) in [5.74, 6) is 0.0451. The zero-order chi connectivity index (χ0) is 20.2. The lowest BCUT2D eigenvalue weighted by Gasteiger charge is -2.08. The molecule has 5 nitrogen and oxygen atoms in total. The van der Waals surface area contributed by atoms with Gasteiger partial charge in [-0.25, -0.2) is 4.98 Å². The number of aromatic nitrogens is 4. The van der Waals surface area contributed by atoms with E-state index in [1.54, 1.807) is 18.6 Å².